The molecule has 0 saturated carbocycles. The Morgan fingerprint density at radius 3 is 2.97 bits per heavy atom. The molecule has 0 radical (unpaired) electrons. The topological polar surface area (TPSA) is 80.1 Å². The van der Waals surface area contributed by atoms with E-state index in [1.54, 1.807) is 0 Å². The summed E-state index contributed by atoms with van der Waals surface area (Å²) in [4.78, 5) is 13.4. The van der Waals surface area contributed by atoms with Gasteiger partial charge in [-0.1, -0.05) is 38.1 Å². The second-order valence-electron chi connectivity index (χ2n) is 9.14. The highest BCUT2D eigenvalue weighted by Gasteiger charge is 2.25. The van der Waals surface area contributed by atoms with Crippen LogP contribution in [0.2, 0.25) is 0 Å². The monoisotopic (exact) mass is 428 g/mol. The average Bonchev–Trinajstić information content (AvgIpc) is 3.41. The van der Waals surface area contributed by atoms with Crippen LogP contribution in [-0.2, 0) is 17.6 Å². The van der Waals surface area contributed by atoms with E-state index in [1.165, 1.54) is 22.2 Å². The molecule has 0 unspecified atom stereocenters. The minimum absolute atomic E-state index is 0.288. The minimum Gasteiger partial charge on any atom is -0.376 e. The van der Waals surface area contributed by atoms with Crippen molar-refractivity contribution in [2.45, 2.75) is 51.5 Å². The molecule has 1 aromatic carbocycles. The molecule has 7 heteroatoms. The maximum Gasteiger partial charge on any atom is 0.228 e. The molecule has 32 heavy (non-hydrogen) atoms. The molecule has 1 atom stereocenters. The first-order chi connectivity index (χ1) is 15.7. The normalized spacial score (nSPS) is 18.8. The molecule has 0 amide bonds. The summed E-state index contributed by atoms with van der Waals surface area (Å²) in [6, 6.07) is 8.87. The molecule has 0 spiro atoms. The van der Waals surface area contributed by atoms with E-state index in [4.69, 9.17) is 14.7 Å². The molecule has 4 heterocycles. The third-order valence-electron chi connectivity index (χ3n) is 6.64. The van der Waals surface area contributed by atoms with Crippen LogP contribution in [0.25, 0.3) is 22.1 Å². The van der Waals surface area contributed by atoms with Crippen molar-refractivity contribution in [2.75, 3.05) is 18.5 Å². The summed E-state index contributed by atoms with van der Waals surface area (Å²) in [5.41, 5.74) is 7.08. The molecule has 1 aliphatic heterocycles. The largest absolute Gasteiger partial charge is 0.376 e. The van der Waals surface area contributed by atoms with E-state index >= 15 is 0 Å². The fourth-order valence-electron chi connectivity index (χ4n) is 4.93. The maximum absolute atomic E-state index is 5.67. The number of para-hydroxylation sites is 1. The molecule has 6 rings (SSSR count). The average molecular weight is 429 g/mol. The summed E-state index contributed by atoms with van der Waals surface area (Å²) in [5, 5.41) is 9.69. The summed E-state index contributed by atoms with van der Waals surface area (Å²) >= 11 is 0. The number of hydrogen-bond donors (Lipinski definition) is 2. The first-order valence-corrected chi connectivity index (χ1v) is 11.5. The number of benzene rings is 1. The predicted molar refractivity (Wildman–Crippen MR) is 126 cm³/mol. The van der Waals surface area contributed by atoms with Gasteiger partial charge in [0.05, 0.1) is 19.4 Å². The highest BCUT2D eigenvalue weighted by molar-refractivity contribution is 5.85. The summed E-state index contributed by atoms with van der Waals surface area (Å²) < 4.78 is 7.54. The van der Waals surface area contributed by atoms with Gasteiger partial charge in [0.1, 0.15) is 0 Å². The van der Waals surface area contributed by atoms with E-state index < -0.39 is 0 Å². The lowest BCUT2D eigenvalue weighted by Gasteiger charge is -2.24. The molecule has 0 bridgehead atoms. The summed E-state index contributed by atoms with van der Waals surface area (Å²) in [6.45, 7) is 5.67. The number of rotatable bonds is 4. The van der Waals surface area contributed by atoms with Crippen LogP contribution in [0.3, 0.4) is 0 Å². The zero-order valence-corrected chi connectivity index (χ0v) is 18.6. The molecular formula is C25H28N6O. The van der Waals surface area contributed by atoms with Gasteiger partial charge in [-0.15, -0.1) is 0 Å². The Morgan fingerprint density at radius 2 is 2.12 bits per heavy atom. The standard InChI is InChI=1S/C25H28N6O/c1-15(2)20-13-26-31-24(20)29-23(16-6-5-11-32-14-16)30-25(31)27-17-9-10-22-19(12-17)18-7-3-4-8-21(18)28-22/h3-4,6-8,13,15,17,28H,5,9-12,14H2,1-2H3,(H,27,29,30)/t17-/m1/s1. The van der Waals surface area contributed by atoms with Gasteiger partial charge < -0.3 is 15.0 Å². The van der Waals surface area contributed by atoms with Gasteiger partial charge in [0, 0.05) is 33.8 Å². The molecular weight excluding hydrogens is 400 g/mol. The van der Waals surface area contributed by atoms with Crippen molar-refractivity contribution < 1.29 is 4.74 Å². The minimum atomic E-state index is 0.288. The highest BCUT2D eigenvalue weighted by atomic mass is 16.5. The Balaban J connectivity index is 1.38. The van der Waals surface area contributed by atoms with E-state index in [1.807, 2.05) is 10.7 Å². The lowest BCUT2D eigenvalue weighted by molar-refractivity contribution is 0.164. The molecule has 1 aliphatic carbocycles. The molecule has 2 N–H and O–H groups in total. The number of fused-ring (bicyclic) bond motifs is 4. The number of nitrogens with one attached hydrogen (secondary N) is 2. The van der Waals surface area contributed by atoms with Crippen molar-refractivity contribution >= 4 is 28.1 Å². The second-order valence-corrected chi connectivity index (χ2v) is 9.14. The zero-order valence-electron chi connectivity index (χ0n) is 18.6. The van der Waals surface area contributed by atoms with E-state index in [9.17, 15) is 0 Å². The zero-order chi connectivity index (χ0) is 21.7. The van der Waals surface area contributed by atoms with Crippen molar-refractivity contribution in [1.29, 1.82) is 0 Å². The van der Waals surface area contributed by atoms with Gasteiger partial charge in [-0.3, -0.25) is 0 Å². The van der Waals surface area contributed by atoms with Crippen LogP contribution in [0, 0.1) is 0 Å². The van der Waals surface area contributed by atoms with Gasteiger partial charge in [-0.2, -0.15) is 14.6 Å². The molecule has 7 nitrogen and oxygen atoms in total. The van der Waals surface area contributed by atoms with E-state index in [-0.39, 0.29) is 6.04 Å². The van der Waals surface area contributed by atoms with Gasteiger partial charge in [0.15, 0.2) is 11.5 Å². The molecule has 4 aromatic rings. The van der Waals surface area contributed by atoms with Crippen LogP contribution >= 0.6 is 0 Å². The van der Waals surface area contributed by atoms with Gasteiger partial charge in [-0.05, 0) is 43.2 Å². The van der Waals surface area contributed by atoms with Crippen molar-refractivity contribution in [1.82, 2.24) is 24.6 Å². The third-order valence-corrected chi connectivity index (χ3v) is 6.64. The Hall–Kier alpha value is -3.19. The van der Waals surface area contributed by atoms with Crippen LogP contribution in [0.4, 0.5) is 5.95 Å². The second kappa shape index (κ2) is 7.74. The van der Waals surface area contributed by atoms with Crippen molar-refractivity contribution in [2.24, 2.45) is 0 Å². The first kappa shape index (κ1) is 19.5. The maximum atomic E-state index is 5.67. The number of nitrogens with zero attached hydrogens (tertiary/aromatic N) is 4. The fraction of sp³-hybridized carbons (Fsp3) is 0.400. The Morgan fingerprint density at radius 1 is 1.22 bits per heavy atom. The summed E-state index contributed by atoms with van der Waals surface area (Å²) in [5.74, 6) is 1.84. The lowest BCUT2D eigenvalue weighted by atomic mass is 9.91. The number of hydrogen-bond acceptors (Lipinski definition) is 5. The van der Waals surface area contributed by atoms with Gasteiger partial charge in [0.2, 0.25) is 5.95 Å². The summed E-state index contributed by atoms with van der Waals surface area (Å²) in [7, 11) is 0. The molecule has 0 saturated heterocycles. The fourth-order valence-corrected chi connectivity index (χ4v) is 4.93. The van der Waals surface area contributed by atoms with Crippen LogP contribution in [0.1, 0.15) is 55.3 Å². The Bertz CT molecular complexity index is 1330. The number of anilines is 1. The molecule has 0 fully saturated rings. The van der Waals surface area contributed by atoms with Crippen molar-refractivity contribution in [3.05, 3.63) is 59.2 Å². The Labute approximate surface area is 186 Å². The van der Waals surface area contributed by atoms with Gasteiger partial charge in [-0.25, -0.2) is 4.98 Å². The van der Waals surface area contributed by atoms with Crippen LogP contribution < -0.4 is 5.32 Å². The Kier molecular flexibility index (Phi) is 4.72. The van der Waals surface area contributed by atoms with Crippen molar-refractivity contribution in [3.63, 3.8) is 0 Å². The highest BCUT2D eigenvalue weighted by Crippen LogP contribution is 2.31. The number of aryl methyl sites for hydroxylation is 1. The van der Waals surface area contributed by atoms with E-state index in [0.717, 1.165) is 60.8 Å². The first-order valence-electron chi connectivity index (χ1n) is 11.5. The van der Waals surface area contributed by atoms with Gasteiger partial charge in [0.25, 0.3) is 0 Å². The van der Waals surface area contributed by atoms with Crippen molar-refractivity contribution in [3.8, 4) is 0 Å². The molecule has 3 aromatic heterocycles. The number of H-pyrrole nitrogens is 1. The number of ether oxygens (including phenoxy) is 1. The molecule has 164 valence electrons. The quantitative estimate of drug-likeness (QED) is 0.500. The third kappa shape index (κ3) is 3.28. The SMILES string of the molecule is CC(C)c1cnn2c(N[C@@H]3CCc4[nH]c5ccccc5c4C3)nc(C3=CCCOC3)nc12. The predicted octanol–water partition coefficient (Wildman–Crippen LogP) is 4.50. The smallest absolute Gasteiger partial charge is 0.228 e. The van der Waals surface area contributed by atoms with Crippen LogP contribution in [0.5, 0.6) is 0 Å². The van der Waals surface area contributed by atoms with Crippen LogP contribution in [-0.4, -0.2) is 43.8 Å². The van der Waals surface area contributed by atoms with Gasteiger partial charge >= 0.3 is 0 Å². The number of aromatic nitrogens is 5. The van der Waals surface area contributed by atoms with Crippen LogP contribution in [0.15, 0.2) is 36.5 Å². The van der Waals surface area contributed by atoms with E-state index in [0.29, 0.717) is 12.5 Å². The van der Waals surface area contributed by atoms with E-state index in [2.05, 4.69) is 59.6 Å². The lowest BCUT2D eigenvalue weighted by Crippen LogP contribution is -2.29. The summed E-state index contributed by atoms with van der Waals surface area (Å²) in [6.07, 6.45) is 8.06. The molecule has 2 aliphatic rings. The number of aromatic amines is 1.